The van der Waals surface area contributed by atoms with Crippen LogP contribution in [0, 0.1) is 0 Å². The van der Waals surface area contributed by atoms with Crippen LogP contribution in [0.2, 0.25) is 0 Å². The molecular formula is C8H10O. The standard InChI is InChI=1S/C8H10O/c9-7-8-5-3-1-2-4-6-8/h1,3,6-7H,2,4-5H2. The Morgan fingerprint density at radius 1 is 1.33 bits per heavy atom. The fourth-order valence-corrected chi connectivity index (χ4v) is 0.882. The summed E-state index contributed by atoms with van der Waals surface area (Å²) in [5.74, 6) is 0. The van der Waals surface area contributed by atoms with Gasteiger partial charge in [-0.2, -0.15) is 0 Å². The highest BCUT2D eigenvalue weighted by Crippen LogP contribution is 2.07. The van der Waals surface area contributed by atoms with Crippen LogP contribution in [0.15, 0.2) is 23.8 Å². The number of rotatable bonds is 1. The molecule has 0 aromatic heterocycles. The molecule has 0 aliphatic heterocycles. The van der Waals surface area contributed by atoms with Gasteiger partial charge in [-0.05, 0) is 24.8 Å². The molecule has 0 radical (unpaired) electrons. The Balaban J connectivity index is 2.58. The SMILES string of the molecule is O=CC1=CCCC=CC1. The lowest BCUT2D eigenvalue weighted by Gasteiger charge is -1.86. The Kier molecular flexibility index (Phi) is 2.25. The molecule has 0 bridgehead atoms. The van der Waals surface area contributed by atoms with Gasteiger partial charge in [0.15, 0.2) is 0 Å². The lowest BCUT2D eigenvalue weighted by molar-refractivity contribution is -0.105. The van der Waals surface area contributed by atoms with E-state index in [9.17, 15) is 4.79 Å². The number of carbonyl (C=O) groups excluding carboxylic acids is 1. The van der Waals surface area contributed by atoms with E-state index < -0.39 is 0 Å². The summed E-state index contributed by atoms with van der Waals surface area (Å²) in [6.07, 6.45) is 10.0. The smallest absolute Gasteiger partial charge is 0.146 e. The average molecular weight is 122 g/mol. The summed E-state index contributed by atoms with van der Waals surface area (Å²) >= 11 is 0. The van der Waals surface area contributed by atoms with Gasteiger partial charge >= 0.3 is 0 Å². The summed E-state index contributed by atoms with van der Waals surface area (Å²) in [6, 6.07) is 0. The van der Waals surface area contributed by atoms with Crippen molar-refractivity contribution in [2.75, 3.05) is 0 Å². The van der Waals surface area contributed by atoms with E-state index in [1.807, 2.05) is 12.2 Å². The van der Waals surface area contributed by atoms with E-state index in [4.69, 9.17) is 0 Å². The maximum absolute atomic E-state index is 10.2. The molecule has 0 unspecified atom stereocenters. The zero-order valence-electron chi connectivity index (χ0n) is 5.34. The summed E-state index contributed by atoms with van der Waals surface area (Å²) in [7, 11) is 0. The average Bonchev–Trinajstić information content (AvgIpc) is 2.13. The van der Waals surface area contributed by atoms with Crippen LogP contribution in [0.5, 0.6) is 0 Å². The molecule has 0 aromatic rings. The third-order valence-electron chi connectivity index (χ3n) is 1.41. The summed E-state index contributed by atoms with van der Waals surface area (Å²) in [6.45, 7) is 0. The van der Waals surface area contributed by atoms with Gasteiger partial charge in [-0.25, -0.2) is 0 Å². The maximum Gasteiger partial charge on any atom is 0.146 e. The highest BCUT2D eigenvalue weighted by molar-refractivity contribution is 5.73. The minimum atomic E-state index is 0.823. The van der Waals surface area contributed by atoms with Gasteiger partial charge in [0.25, 0.3) is 0 Å². The zero-order chi connectivity index (χ0) is 6.53. The van der Waals surface area contributed by atoms with Crippen LogP contribution in [0.3, 0.4) is 0 Å². The second-order valence-corrected chi connectivity index (χ2v) is 2.15. The molecule has 9 heavy (non-hydrogen) atoms. The van der Waals surface area contributed by atoms with E-state index in [0.717, 1.165) is 31.1 Å². The Labute approximate surface area is 55.1 Å². The van der Waals surface area contributed by atoms with Crippen LogP contribution >= 0.6 is 0 Å². The fraction of sp³-hybridized carbons (Fsp3) is 0.375. The van der Waals surface area contributed by atoms with Crippen molar-refractivity contribution in [1.82, 2.24) is 0 Å². The lowest BCUT2D eigenvalue weighted by Crippen LogP contribution is -1.79. The van der Waals surface area contributed by atoms with Crippen molar-refractivity contribution in [2.45, 2.75) is 19.3 Å². The van der Waals surface area contributed by atoms with Crippen LogP contribution in [-0.2, 0) is 4.79 Å². The van der Waals surface area contributed by atoms with Gasteiger partial charge in [0.05, 0.1) is 0 Å². The summed E-state index contributed by atoms with van der Waals surface area (Å²) < 4.78 is 0. The van der Waals surface area contributed by atoms with Crippen LogP contribution in [0.25, 0.3) is 0 Å². The van der Waals surface area contributed by atoms with E-state index in [2.05, 4.69) is 6.08 Å². The molecule has 0 saturated carbocycles. The maximum atomic E-state index is 10.2. The van der Waals surface area contributed by atoms with Gasteiger partial charge in [0.1, 0.15) is 6.29 Å². The molecule has 0 fully saturated rings. The molecule has 1 heteroatoms. The molecule has 0 atom stereocenters. The largest absolute Gasteiger partial charge is 0.298 e. The summed E-state index contributed by atoms with van der Waals surface area (Å²) in [5, 5.41) is 0. The number of hydrogen-bond donors (Lipinski definition) is 0. The minimum absolute atomic E-state index is 0.823. The van der Waals surface area contributed by atoms with Crippen molar-refractivity contribution in [2.24, 2.45) is 0 Å². The monoisotopic (exact) mass is 122 g/mol. The molecule has 0 heterocycles. The molecule has 0 saturated heterocycles. The lowest BCUT2D eigenvalue weighted by atomic mass is 10.2. The van der Waals surface area contributed by atoms with Crippen molar-refractivity contribution < 1.29 is 4.79 Å². The molecule has 1 nitrogen and oxygen atoms in total. The van der Waals surface area contributed by atoms with Crippen LogP contribution in [0.4, 0.5) is 0 Å². The van der Waals surface area contributed by atoms with Crippen molar-refractivity contribution in [3.63, 3.8) is 0 Å². The number of allylic oxidation sites excluding steroid dienone is 4. The van der Waals surface area contributed by atoms with Gasteiger partial charge in [0.2, 0.25) is 0 Å². The van der Waals surface area contributed by atoms with Crippen molar-refractivity contribution in [3.05, 3.63) is 23.8 Å². The first kappa shape index (κ1) is 6.27. The van der Waals surface area contributed by atoms with Gasteiger partial charge in [-0.1, -0.05) is 18.2 Å². The first-order chi connectivity index (χ1) is 4.43. The Bertz CT molecular complexity index is 154. The van der Waals surface area contributed by atoms with Crippen LogP contribution in [0.1, 0.15) is 19.3 Å². The Morgan fingerprint density at radius 3 is 3.00 bits per heavy atom. The van der Waals surface area contributed by atoms with Crippen LogP contribution < -0.4 is 0 Å². The third-order valence-corrected chi connectivity index (χ3v) is 1.41. The zero-order valence-corrected chi connectivity index (χ0v) is 5.34. The molecule has 1 aliphatic carbocycles. The minimum Gasteiger partial charge on any atom is -0.298 e. The molecule has 1 aliphatic rings. The molecule has 0 amide bonds. The van der Waals surface area contributed by atoms with Gasteiger partial charge in [0, 0.05) is 0 Å². The third kappa shape index (κ3) is 1.84. The van der Waals surface area contributed by atoms with Gasteiger partial charge in [-0.15, -0.1) is 0 Å². The number of aldehydes is 1. The Hall–Kier alpha value is -0.850. The van der Waals surface area contributed by atoms with Crippen LogP contribution in [-0.4, -0.2) is 6.29 Å². The Morgan fingerprint density at radius 2 is 2.22 bits per heavy atom. The second kappa shape index (κ2) is 3.23. The fourth-order valence-electron chi connectivity index (χ4n) is 0.882. The molecule has 48 valence electrons. The molecule has 0 spiro atoms. The van der Waals surface area contributed by atoms with E-state index in [-0.39, 0.29) is 0 Å². The summed E-state index contributed by atoms with van der Waals surface area (Å²) in [4.78, 5) is 10.2. The van der Waals surface area contributed by atoms with E-state index in [1.54, 1.807) is 0 Å². The molecular weight excluding hydrogens is 112 g/mol. The van der Waals surface area contributed by atoms with E-state index >= 15 is 0 Å². The van der Waals surface area contributed by atoms with Crippen molar-refractivity contribution in [1.29, 1.82) is 0 Å². The molecule has 0 aromatic carbocycles. The predicted octanol–water partition coefficient (Wildman–Crippen LogP) is 1.85. The van der Waals surface area contributed by atoms with Crippen molar-refractivity contribution >= 4 is 6.29 Å². The number of carbonyl (C=O) groups is 1. The first-order valence-corrected chi connectivity index (χ1v) is 3.22. The highest BCUT2D eigenvalue weighted by atomic mass is 16.1. The predicted molar refractivity (Wildman–Crippen MR) is 37.1 cm³/mol. The van der Waals surface area contributed by atoms with Gasteiger partial charge in [-0.3, -0.25) is 4.79 Å². The van der Waals surface area contributed by atoms with Gasteiger partial charge < -0.3 is 0 Å². The van der Waals surface area contributed by atoms with Crippen molar-refractivity contribution in [3.8, 4) is 0 Å². The van der Waals surface area contributed by atoms with E-state index in [0.29, 0.717) is 0 Å². The quantitative estimate of drug-likeness (QED) is 0.383. The first-order valence-electron chi connectivity index (χ1n) is 3.22. The highest BCUT2D eigenvalue weighted by Gasteiger charge is 1.93. The topological polar surface area (TPSA) is 17.1 Å². The normalized spacial score (nSPS) is 18.4. The number of hydrogen-bond acceptors (Lipinski definition) is 1. The second-order valence-electron chi connectivity index (χ2n) is 2.15. The summed E-state index contributed by atoms with van der Waals surface area (Å²) in [5.41, 5.74) is 0.920. The van der Waals surface area contributed by atoms with E-state index in [1.165, 1.54) is 0 Å². The molecule has 1 rings (SSSR count). The molecule has 0 N–H and O–H groups in total.